The number of phenols is 1. The van der Waals surface area contributed by atoms with Crippen LogP contribution in [0.4, 0.5) is 0 Å². The predicted molar refractivity (Wildman–Crippen MR) is 114 cm³/mol. The van der Waals surface area contributed by atoms with Crippen LogP contribution in [0.2, 0.25) is 0 Å². The molecule has 1 N–H and O–H groups in total. The molecule has 0 bridgehead atoms. The van der Waals surface area contributed by atoms with Gasteiger partial charge in [0.15, 0.2) is 0 Å². The van der Waals surface area contributed by atoms with Gasteiger partial charge in [0.2, 0.25) is 0 Å². The van der Waals surface area contributed by atoms with Crippen molar-refractivity contribution in [1.29, 1.82) is 0 Å². The topological polar surface area (TPSA) is 49.3 Å². The van der Waals surface area contributed by atoms with Gasteiger partial charge in [-0.2, -0.15) is 0 Å². The maximum atomic E-state index is 9.68. The van der Waals surface area contributed by atoms with Crippen molar-refractivity contribution in [3.8, 4) is 17.0 Å². The quantitative estimate of drug-likeness (QED) is 0.816. The van der Waals surface area contributed by atoms with Crippen molar-refractivity contribution in [1.82, 2.24) is 14.9 Å². The Kier molecular flexibility index (Phi) is 5.96. The van der Waals surface area contributed by atoms with Gasteiger partial charge in [0, 0.05) is 48.8 Å². The maximum absolute atomic E-state index is 9.68. The van der Waals surface area contributed by atoms with Crippen LogP contribution in [0.3, 0.4) is 0 Å². The zero-order valence-corrected chi connectivity index (χ0v) is 17.3. The van der Waals surface area contributed by atoms with Crippen LogP contribution in [-0.2, 0) is 12.8 Å². The van der Waals surface area contributed by atoms with E-state index in [0.717, 1.165) is 48.9 Å². The van der Waals surface area contributed by atoms with Crippen LogP contribution in [0.25, 0.3) is 11.3 Å². The molecule has 0 amide bonds. The Morgan fingerprint density at radius 2 is 1.71 bits per heavy atom. The van der Waals surface area contributed by atoms with Crippen LogP contribution in [0, 0.1) is 5.92 Å². The molecular weight excluding hydrogens is 346 g/mol. The number of aromatic nitrogens is 2. The lowest BCUT2D eigenvalue weighted by Gasteiger charge is -2.28. The highest BCUT2D eigenvalue weighted by Crippen LogP contribution is 2.30. The third kappa shape index (κ3) is 4.38. The lowest BCUT2D eigenvalue weighted by atomic mass is 9.89. The Balaban J connectivity index is 1.60. The van der Waals surface area contributed by atoms with Crippen molar-refractivity contribution >= 4 is 0 Å². The fourth-order valence-electron chi connectivity index (χ4n) is 4.70. The lowest BCUT2D eigenvalue weighted by Crippen LogP contribution is -2.32. The molecule has 28 heavy (non-hydrogen) atoms. The predicted octanol–water partition coefficient (Wildman–Crippen LogP) is 4.95. The van der Waals surface area contributed by atoms with E-state index in [9.17, 15) is 5.11 Å². The second-order valence-corrected chi connectivity index (χ2v) is 8.86. The van der Waals surface area contributed by atoms with Crippen molar-refractivity contribution in [2.75, 3.05) is 19.6 Å². The Morgan fingerprint density at radius 1 is 1.00 bits per heavy atom. The van der Waals surface area contributed by atoms with Gasteiger partial charge < -0.3 is 10.0 Å². The van der Waals surface area contributed by atoms with Crippen LogP contribution < -0.4 is 0 Å². The minimum absolute atomic E-state index is 0.298. The Hall–Kier alpha value is -1.94. The molecule has 4 nitrogen and oxygen atoms in total. The SMILES string of the molecule is CC(C)c1nc2c(c(-c3ccc(O)cc3)n1)CCN(CC1CCCCC1)CC2. The molecule has 1 aliphatic carbocycles. The molecule has 0 atom stereocenters. The van der Waals surface area contributed by atoms with E-state index >= 15 is 0 Å². The number of rotatable bonds is 4. The molecule has 1 saturated carbocycles. The molecule has 0 spiro atoms. The first-order valence-corrected chi connectivity index (χ1v) is 11.0. The second kappa shape index (κ2) is 8.60. The van der Waals surface area contributed by atoms with E-state index in [-0.39, 0.29) is 0 Å². The molecule has 2 heterocycles. The maximum Gasteiger partial charge on any atom is 0.131 e. The van der Waals surface area contributed by atoms with E-state index in [0.29, 0.717) is 11.7 Å². The Morgan fingerprint density at radius 3 is 2.43 bits per heavy atom. The van der Waals surface area contributed by atoms with Crippen LogP contribution >= 0.6 is 0 Å². The smallest absolute Gasteiger partial charge is 0.131 e. The summed E-state index contributed by atoms with van der Waals surface area (Å²) < 4.78 is 0. The van der Waals surface area contributed by atoms with Gasteiger partial charge in [0.05, 0.1) is 5.69 Å². The van der Waals surface area contributed by atoms with Gasteiger partial charge in [-0.25, -0.2) is 9.97 Å². The van der Waals surface area contributed by atoms with Gasteiger partial charge in [0.1, 0.15) is 11.6 Å². The summed E-state index contributed by atoms with van der Waals surface area (Å²) in [5.74, 6) is 2.42. The average molecular weight is 380 g/mol. The molecule has 1 aromatic heterocycles. The molecule has 0 unspecified atom stereocenters. The highest BCUT2D eigenvalue weighted by atomic mass is 16.3. The van der Waals surface area contributed by atoms with Crippen LogP contribution in [0.1, 0.15) is 69.0 Å². The third-order valence-corrected chi connectivity index (χ3v) is 6.35. The van der Waals surface area contributed by atoms with Crippen LogP contribution in [-0.4, -0.2) is 39.6 Å². The minimum atomic E-state index is 0.298. The summed E-state index contributed by atoms with van der Waals surface area (Å²) >= 11 is 0. The van der Waals surface area contributed by atoms with Gasteiger partial charge >= 0.3 is 0 Å². The Labute approximate surface area is 169 Å². The molecule has 150 valence electrons. The van der Waals surface area contributed by atoms with Crippen molar-refractivity contribution in [2.24, 2.45) is 5.92 Å². The number of hydrogen-bond donors (Lipinski definition) is 1. The molecule has 2 aromatic rings. The summed E-state index contributed by atoms with van der Waals surface area (Å²) in [4.78, 5) is 12.6. The first-order valence-electron chi connectivity index (χ1n) is 11.0. The fourth-order valence-corrected chi connectivity index (χ4v) is 4.70. The minimum Gasteiger partial charge on any atom is -0.508 e. The van der Waals surface area contributed by atoms with Crippen molar-refractivity contribution in [3.05, 3.63) is 41.3 Å². The van der Waals surface area contributed by atoms with Crippen LogP contribution in [0.5, 0.6) is 5.75 Å². The summed E-state index contributed by atoms with van der Waals surface area (Å²) in [6, 6.07) is 7.47. The largest absolute Gasteiger partial charge is 0.508 e. The highest BCUT2D eigenvalue weighted by Gasteiger charge is 2.24. The van der Waals surface area contributed by atoms with Gasteiger partial charge in [-0.15, -0.1) is 0 Å². The normalized spacial score (nSPS) is 18.8. The molecule has 0 saturated heterocycles. The Bertz CT molecular complexity index is 794. The zero-order valence-electron chi connectivity index (χ0n) is 17.3. The summed E-state index contributed by atoms with van der Waals surface area (Å²) in [5.41, 5.74) is 4.68. The van der Waals surface area contributed by atoms with Crippen molar-refractivity contribution in [3.63, 3.8) is 0 Å². The second-order valence-electron chi connectivity index (χ2n) is 8.86. The average Bonchev–Trinajstić information content (AvgIpc) is 2.91. The van der Waals surface area contributed by atoms with Crippen LogP contribution in [0.15, 0.2) is 24.3 Å². The fraction of sp³-hybridized carbons (Fsp3) is 0.583. The summed E-state index contributed by atoms with van der Waals surface area (Å²) in [6.45, 7) is 7.77. The zero-order chi connectivity index (χ0) is 19.5. The number of phenolic OH excluding ortho intramolecular Hbond substituents is 1. The molecule has 4 heteroatoms. The van der Waals surface area contributed by atoms with Crippen molar-refractivity contribution in [2.45, 2.75) is 64.7 Å². The van der Waals surface area contributed by atoms with E-state index in [2.05, 4.69) is 18.7 Å². The molecular formula is C24H33N3O. The van der Waals surface area contributed by atoms with E-state index < -0.39 is 0 Å². The summed E-state index contributed by atoms with van der Waals surface area (Å²) in [5, 5.41) is 9.68. The summed E-state index contributed by atoms with van der Waals surface area (Å²) in [6.07, 6.45) is 9.07. The number of hydrogen-bond acceptors (Lipinski definition) is 4. The highest BCUT2D eigenvalue weighted by molar-refractivity contribution is 5.65. The number of fused-ring (bicyclic) bond motifs is 1. The number of benzene rings is 1. The molecule has 1 aliphatic heterocycles. The number of nitrogens with zero attached hydrogens (tertiary/aromatic N) is 3. The molecule has 0 radical (unpaired) electrons. The van der Waals surface area contributed by atoms with Gasteiger partial charge in [-0.3, -0.25) is 0 Å². The number of aromatic hydroxyl groups is 1. The third-order valence-electron chi connectivity index (χ3n) is 6.35. The monoisotopic (exact) mass is 379 g/mol. The summed E-state index contributed by atoms with van der Waals surface area (Å²) in [7, 11) is 0. The van der Waals surface area contributed by atoms with E-state index in [4.69, 9.17) is 9.97 Å². The van der Waals surface area contributed by atoms with Crippen molar-refractivity contribution < 1.29 is 5.11 Å². The van der Waals surface area contributed by atoms with Gasteiger partial charge in [0.25, 0.3) is 0 Å². The van der Waals surface area contributed by atoms with Gasteiger partial charge in [-0.05, 0) is 49.4 Å². The molecule has 1 aromatic carbocycles. The van der Waals surface area contributed by atoms with E-state index in [1.165, 1.54) is 49.9 Å². The molecule has 2 aliphatic rings. The first kappa shape index (κ1) is 19.4. The molecule has 4 rings (SSSR count). The molecule has 1 fully saturated rings. The lowest BCUT2D eigenvalue weighted by molar-refractivity contribution is 0.207. The standard InChI is InChI=1S/C24H33N3O/c1-17(2)24-25-22-13-15-27(16-18-6-4-3-5-7-18)14-12-21(22)23(26-24)19-8-10-20(28)11-9-19/h8-11,17-18,28H,3-7,12-16H2,1-2H3. The first-order chi connectivity index (χ1) is 13.6. The van der Waals surface area contributed by atoms with E-state index in [1.54, 1.807) is 12.1 Å². The van der Waals surface area contributed by atoms with Gasteiger partial charge in [-0.1, -0.05) is 33.1 Å². The van der Waals surface area contributed by atoms with E-state index in [1.807, 2.05) is 12.1 Å².